The molecule has 0 atom stereocenters. The van der Waals surface area contributed by atoms with E-state index in [1.807, 2.05) is 0 Å². The SMILES string of the molecule is CN=C(NCCNS(=O)(=O)c1ccc(Cl)s1)NCCN1CCCCC1. The first-order valence-corrected chi connectivity index (χ1v) is 11.1. The van der Waals surface area contributed by atoms with Crippen LogP contribution in [0.5, 0.6) is 0 Å². The van der Waals surface area contributed by atoms with Crippen molar-refractivity contribution in [2.24, 2.45) is 4.99 Å². The molecule has 0 spiro atoms. The maximum Gasteiger partial charge on any atom is 0.250 e. The van der Waals surface area contributed by atoms with E-state index in [1.165, 1.54) is 38.4 Å². The van der Waals surface area contributed by atoms with Gasteiger partial charge in [0.15, 0.2) is 5.96 Å². The maximum atomic E-state index is 12.1. The molecule has 142 valence electrons. The molecule has 7 nitrogen and oxygen atoms in total. The van der Waals surface area contributed by atoms with Crippen molar-refractivity contribution in [1.82, 2.24) is 20.3 Å². The quantitative estimate of drug-likeness (QED) is 0.344. The first-order valence-electron chi connectivity index (χ1n) is 8.43. The van der Waals surface area contributed by atoms with Gasteiger partial charge >= 0.3 is 0 Å². The summed E-state index contributed by atoms with van der Waals surface area (Å²) in [5.41, 5.74) is 0. The predicted octanol–water partition coefficient (Wildman–Crippen LogP) is 1.33. The summed E-state index contributed by atoms with van der Waals surface area (Å²) in [5, 5.41) is 6.36. The Morgan fingerprint density at radius 1 is 1.20 bits per heavy atom. The van der Waals surface area contributed by atoms with Crippen LogP contribution in [0, 0.1) is 0 Å². The molecule has 10 heteroatoms. The molecule has 3 N–H and O–H groups in total. The van der Waals surface area contributed by atoms with Crippen LogP contribution in [0.15, 0.2) is 21.3 Å². The Balaban J connectivity index is 1.63. The summed E-state index contributed by atoms with van der Waals surface area (Å²) in [5.74, 6) is 0.676. The summed E-state index contributed by atoms with van der Waals surface area (Å²) < 4.78 is 27.4. The van der Waals surface area contributed by atoms with Crippen LogP contribution in [0.4, 0.5) is 0 Å². The van der Waals surface area contributed by atoms with E-state index in [1.54, 1.807) is 13.1 Å². The molecule has 0 bridgehead atoms. The van der Waals surface area contributed by atoms with Gasteiger partial charge in [-0.3, -0.25) is 4.99 Å². The third-order valence-corrected chi connectivity index (χ3v) is 7.10. The van der Waals surface area contributed by atoms with E-state index in [0.717, 1.165) is 24.4 Å². The van der Waals surface area contributed by atoms with Crippen LogP contribution in [-0.4, -0.2) is 65.6 Å². The van der Waals surface area contributed by atoms with Gasteiger partial charge in [-0.2, -0.15) is 0 Å². The van der Waals surface area contributed by atoms with Gasteiger partial charge in [0, 0.05) is 33.2 Å². The number of guanidine groups is 1. The molecule has 0 unspecified atom stereocenters. The number of piperidine rings is 1. The van der Waals surface area contributed by atoms with Gasteiger partial charge in [0.25, 0.3) is 0 Å². The summed E-state index contributed by atoms with van der Waals surface area (Å²) in [4.78, 5) is 6.60. The van der Waals surface area contributed by atoms with Gasteiger partial charge in [0.2, 0.25) is 10.0 Å². The van der Waals surface area contributed by atoms with Crippen LogP contribution in [-0.2, 0) is 10.0 Å². The molecule has 2 rings (SSSR count). The molecule has 1 aromatic rings. The number of hydrogen-bond donors (Lipinski definition) is 3. The van der Waals surface area contributed by atoms with Crippen LogP contribution >= 0.6 is 22.9 Å². The molecule has 0 aromatic carbocycles. The van der Waals surface area contributed by atoms with E-state index in [4.69, 9.17) is 11.6 Å². The maximum absolute atomic E-state index is 12.1. The minimum absolute atomic E-state index is 0.224. The number of nitrogens with zero attached hydrogens (tertiary/aromatic N) is 2. The largest absolute Gasteiger partial charge is 0.355 e. The first kappa shape index (κ1) is 20.4. The van der Waals surface area contributed by atoms with Gasteiger partial charge in [0.1, 0.15) is 4.21 Å². The third kappa shape index (κ3) is 7.10. The van der Waals surface area contributed by atoms with Crippen molar-refractivity contribution >= 4 is 38.9 Å². The molecule has 0 amide bonds. The Morgan fingerprint density at radius 3 is 2.56 bits per heavy atom. The van der Waals surface area contributed by atoms with Crippen molar-refractivity contribution in [3.8, 4) is 0 Å². The molecule has 1 aromatic heterocycles. The van der Waals surface area contributed by atoms with Crippen molar-refractivity contribution in [1.29, 1.82) is 0 Å². The minimum Gasteiger partial charge on any atom is -0.355 e. The Kier molecular flexibility index (Phi) is 8.44. The fraction of sp³-hybridized carbons (Fsp3) is 0.667. The number of nitrogens with one attached hydrogen (secondary N) is 3. The van der Waals surface area contributed by atoms with E-state index >= 15 is 0 Å². The van der Waals surface area contributed by atoms with Gasteiger partial charge in [-0.15, -0.1) is 11.3 Å². The van der Waals surface area contributed by atoms with E-state index in [-0.39, 0.29) is 10.8 Å². The minimum atomic E-state index is -3.50. The van der Waals surface area contributed by atoms with E-state index in [0.29, 0.717) is 16.8 Å². The molecule has 0 saturated carbocycles. The Labute approximate surface area is 158 Å². The number of thiophene rings is 1. The highest BCUT2D eigenvalue weighted by atomic mass is 35.5. The number of aliphatic imine (C=N–C) groups is 1. The molecule has 0 aliphatic carbocycles. The zero-order chi connectivity index (χ0) is 18.1. The van der Waals surface area contributed by atoms with E-state index < -0.39 is 10.0 Å². The molecular formula is C15H26ClN5O2S2. The molecule has 25 heavy (non-hydrogen) atoms. The molecule has 1 saturated heterocycles. The smallest absolute Gasteiger partial charge is 0.250 e. The lowest BCUT2D eigenvalue weighted by Crippen LogP contribution is -2.44. The summed E-state index contributed by atoms with van der Waals surface area (Å²) in [6.07, 6.45) is 3.89. The van der Waals surface area contributed by atoms with Crippen molar-refractivity contribution in [3.05, 3.63) is 16.5 Å². The van der Waals surface area contributed by atoms with Crippen molar-refractivity contribution in [2.45, 2.75) is 23.5 Å². The number of sulfonamides is 1. The molecule has 1 aliphatic heterocycles. The molecule has 1 fully saturated rings. The zero-order valence-electron chi connectivity index (χ0n) is 14.4. The van der Waals surface area contributed by atoms with Crippen LogP contribution in [0.25, 0.3) is 0 Å². The summed E-state index contributed by atoms with van der Waals surface area (Å²) >= 11 is 6.82. The third-order valence-electron chi connectivity index (χ3n) is 3.92. The van der Waals surface area contributed by atoms with Crippen LogP contribution in [0.1, 0.15) is 19.3 Å². The van der Waals surface area contributed by atoms with Crippen molar-refractivity contribution < 1.29 is 8.42 Å². The van der Waals surface area contributed by atoms with E-state index in [2.05, 4.69) is 25.2 Å². The Morgan fingerprint density at radius 2 is 1.92 bits per heavy atom. The second-order valence-electron chi connectivity index (χ2n) is 5.78. The van der Waals surface area contributed by atoms with E-state index in [9.17, 15) is 8.42 Å². The predicted molar refractivity (Wildman–Crippen MR) is 104 cm³/mol. The van der Waals surface area contributed by atoms with Crippen molar-refractivity contribution in [2.75, 3.05) is 46.3 Å². The monoisotopic (exact) mass is 407 g/mol. The molecule has 0 radical (unpaired) electrons. The van der Waals surface area contributed by atoms with Gasteiger partial charge in [-0.1, -0.05) is 18.0 Å². The first-order chi connectivity index (χ1) is 12.0. The van der Waals surface area contributed by atoms with Crippen molar-refractivity contribution in [3.63, 3.8) is 0 Å². The lowest BCUT2D eigenvalue weighted by molar-refractivity contribution is 0.232. The second kappa shape index (κ2) is 10.3. The topological polar surface area (TPSA) is 85.8 Å². The number of likely N-dealkylation sites (tertiary alicyclic amines) is 1. The highest BCUT2D eigenvalue weighted by Crippen LogP contribution is 2.25. The standard InChI is InChI=1S/C15H26ClN5O2S2/c1-17-15(19-9-12-21-10-3-2-4-11-21)18-7-8-20-25(22,23)14-6-5-13(16)24-14/h5-6,20H,2-4,7-12H2,1H3,(H2,17,18,19). The molecular weight excluding hydrogens is 382 g/mol. The fourth-order valence-electron chi connectivity index (χ4n) is 2.62. The highest BCUT2D eigenvalue weighted by molar-refractivity contribution is 7.91. The molecule has 2 heterocycles. The number of hydrogen-bond acceptors (Lipinski definition) is 5. The fourth-order valence-corrected chi connectivity index (χ4v) is 5.17. The average molecular weight is 408 g/mol. The zero-order valence-corrected chi connectivity index (χ0v) is 16.8. The Hall–Kier alpha value is -0.870. The summed E-state index contributed by atoms with van der Waals surface area (Å²) in [6.45, 7) is 4.86. The van der Waals surface area contributed by atoms with Gasteiger partial charge < -0.3 is 15.5 Å². The normalized spacial score (nSPS) is 16.8. The van der Waals surface area contributed by atoms with Gasteiger partial charge in [-0.05, 0) is 38.1 Å². The lowest BCUT2D eigenvalue weighted by Gasteiger charge is -2.26. The van der Waals surface area contributed by atoms with Crippen LogP contribution in [0.3, 0.4) is 0 Å². The lowest BCUT2D eigenvalue weighted by atomic mass is 10.1. The van der Waals surface area contributed by atoms with Crippen LogP contribution < -0.4 is 15.4 Å². The number of rotatable bonds is 8. The van der Waals surface area contributed by atoms with Gasteiger partial charge in [0.05, 0.1) is 4.34 Å². The summed E-state index contributed by atoms with van der Waals surface area (Å²) in [6, 6.07) is 3.08. The highest BCUT2D eigenvalue weighted by Gasteiger charge is 2.15. The second-order valence-corrected chi connectivity index (χ2v) is 9.49. The Bertz CT molecular complexity index is 657. The van der Waals surface area contributed by atoms with Crippen LogP contribution in [0.2, 0.25) is 4.34 Å². The average Bonchev–Trinajstić information content (AvgIpc) is 3.05. The number of halogens is 1. The van der Waals surface area contributed by atoms with Gasteiger partial charge in [-0.25, -0.2) is 13.1 Å². The summed E-state index contributed by atoms with van der Waals surface area (Å²) in [7, 11) is -1.80. The molecule has 1 aliphatic rings.